The van der Waals surface area contributed by atoms with Crippen molar-refractivity contribution in [2.45, 2.75) is 39.2 Å². The van der Waals surface area contributed by atoms with Gasteiger partial charge in [0.2, 0.25) is 0 Å². The Hall–Kier alpha value is -2.28. The van der Waals surface area contributed by atoms with E-state index in [2.05, 4.69) is 17.0 Å². The van der Waals surface area contributed by atoms with Crippen molar-refractivity contribution >= 4 is 17.9 Å². The number of carbonyl (C=O) groups excluding carboxylic acids is 1. The van der Waals surface area contributed by atoms with Gasteiger partial charge in [-0.2, -0.15) is 0 Å². The Bertz CT molecular complexity index is 598. The number of likely N-dealkylation sites (tertiary alicyclic amines) is 1. The highest BCUT2D eigenvalue weighted by atomic mass is 16.6. The molecular weight excluding hydrogens is 288 g/mol. The van der Waals surface area contributed by atoms with E-state index in [0.717, 1.165) is 31.5 Å². The molecule has 0 aromatic heterocycles. The minimum atomic E-state index is -0.439. The average Bonchev–Trinajstić information content (AvgIpc) is 2.52. The van der Waals surface area contributed by atoms with E-state index < -0.39 is 5.60 Å². The number of hydrogen-bond donors (Lipinski definition) is 0. The molecule has 0 radical (unpaired) electrons. The smallest absolute Gasteiger partial charge is 0.410 e. The van der Waals surface area contributed by atoms with E-state index in [1.54, 1.807) is 4.90 Å². The van der Waals surface area contributed by atoms with Crippen LogP contribution in [0.1, 0.15) is 39.2 Å². The Kier molecular flexibility index (Phi) is 5.44. The monoisotopic (exact) mass is 312 g/mol. The van der Waals surface area contributed by atoms with Crippen molar-refractivity contribution in [3.05, 3.63) is 47.3 Å². The fourth-order valence-electron chi connectivity index (χ4n) is 2.51. The number of allylic oxidation sites excluding steroid dienone is 1. The third kappa shape index (κ3) is 5.45. The number of amides is 1. The Morgan fingerprint density at radius 3 is 2.39 bits per heavy atom. The molecule has 0 aliphatic carbocycles. The molecule has 4 nitrogen and oxygen atoms in total. The summed E-state index contributed by atoms with van der Waals surface area (Å²) in [5, 5.41) is 0. The van der Waals surface area contributed by atoms with Crippen molar-refractivity contribution < 1.29 is 9.53 Å². The average molecular weight is 312 g/mol. The first kappa shape index (κ1) is 17.1. The summed E-state index contributed by atoms with van der Waals surface area (Å²) in [6.07, 6.45) is 6.00. The molecule has 4 heteroatoms. The second-order valence-electron chi connectivity index (χ2n) is 6.87. The third-order valence-electron chi connectivity index (χ3n) is 3.77. The van der Waals surface area contributed by atoms with Crippen molar-refractivity contribution in [2.75, 3.05) is 13.1 Å². The van der Waals surface area contributed by atoms with Crippen LogP contribution in [-0.4, -0.2) is 29.7 Å². The van der Waals surface area contributed by atoms with Gasteiger partial charge in [0.1, 0.15) is 5.60 Å². The van der Waals surface area contributed by atoms with Gasteiger partial charge in [-0.05, 0) is 45.1 Å². The van der Waals surface area contributed by atoms with Gasteiger partial charge < -0.3 is 9.64 Å². The number of carbonyl (C=O) groups is 1. The van der Waals surface area contributed by atoms with Crippen molar-refractivity contribution in [1.29, 1.82) is 0 Å². The molecule has 0 unspecified atom stereocenters. The molecule has 1 aromatic rings. The summed E-state index contributed by atoms with van der Waals surface area (Å²) < 4.78 is 5.41. The second-order valence-corrected chi connectivity index (χ2v) is 6.87. The van der Waals surface area contributed by atoms with Crippen LogP contribution in [0.5, 0.6) is 0 Å². The number of rotatable bonds is 2. The maximum absolute atomic E-state index is 12.0. The molecular formula is C19H24N2O2. The predicted octanol–water partition coefficient (Wildman–Crippen LogP) is 4.90. The van der Waals surface area contributed by atoms with Crippen molar-refractivity contribution in [1.82, 2.24) is 4.90 Å². The third-order valence-corrected chi connectivity index (χ3v) is 3.77. The molecule has 1 saturated heterocycles. The molecule has 1 amide bonds. The summed E-state index contributed by atoms with van der Waals surface area (Å²) in [5.41, 5.74) is 1.32. The molecule has 0 saturated carbocycles. The van der Waals surface area contributed by atoms with Gasteiger partial charge in [0, 0.05) is 13.1 Å². The SMILES string of the molecule is [C-]#[N+]c1ccc(C=CC2CCN(C(=O)OC(C)(C)C)CC2)cc1. The van der Waals surface area contributed by atoms with Crippen LogP contribution in [0.4, 0.5) is 10.5 Å². The lowest BCUT2D eigenvalue weighted by molar-refractivity contribution is 0.0197. The van der Waals surface area contributed by atoms with Gasteiger partial charge in [-0.25, -0.2) is 9.64 Å². The molecule has 2 rings (SSSR count). The normalized spacial score (nSPS) is 16.3. The van der Waals surface area contributed by atoms with Gasteiger partial charge in [0.05, 0.1) is 6.57 Å². The first-order chi connectivity index (χ1) is 10.9. The lowest BCUT2D eigenvalue weighted by atomic mass is 9.96. The summed E-state index contributed by atoms with van der Waals surface area (Å²) in [5.74, 6) is 0.481. The summed E-state index contributed by atoms with van der Waals surface area (Å²) in [7, 11) is 0. The standard InChI is InChI=1S/C19H24N2O2/c1-19(2,3)23-18(22)21-13-11-16(12-14-21)6-5-15-7-9-17(20-4)10-8-15/h5-10,16H,11-14H2,1-3H3. The lowest BCUT2D eigenvalue weighted by Crippen LogP contribution is -2.41. The zero-order valence-corrected chi connectivity index (χ0v) is 14.1. The van der Waals surface area contributed by atoms with Gasteiger partial charge in [-0.3, -0.25) is 0 Å². The van der Waals surface area contributed by atoms with E-state index in [4.69, 9.17) is 11.3 Å². The van der Waals surface area contributed by atoms with Crippen LogP contribution in [0.3, 0.4) is 0 Å². The van der Waals surface area contributed by atoms with Gasteiger partial charge in [-0.1, -0.05) is 36.4 Å². The number of piperidine rings is 1. The number of ether oxygens (including phenoxy) is 1. The topological polar surface area (TPSA) is 33.9 Å². The van der Waals surface area contributed by atoms with Gasteiger partial charge in [0.15, 0.2) is 5.69 Å². The van der Waals surface area contributed by atoms with Crippen LogP contribution in [0.15, 0.2) is 30.3 Å². The maximum atomic E-state index is 12.0. The minimum absolute atomic E-state index is 0.213. The lowest BCUT2D eigenvalue weighted by Gasteiger charge is -2.32. The van der Waals surface area contributed by atoms with Crippen LogP contribution in [-0.2, 0) is 4.74 Å². The van der Waals surface area contributed by atoms with Crippen molar-refractivity contribution in [2.24, 2.45) is 5.92 Å². The number of benzene rings is 1. The van der Waals surface area contributed by atoms with Gasteiger partial charge in [-0.15, -0.1) is 0 Å². The van der Waals surface area contributed by atoms with Gasteiger partial charge >= 0.3 is 6.09 Å². The predicted molar refractivity (Wildman–Crippen MR) is 92.3 cm³/mol. The van der Waals surface area contributed by atoms with Crippen LogP contribution in [0.2, 0.25) is 0 Å². The molecule has 122 valence electrons. The van der Waals surface area contributed by atoms with E-state index in [1.807, 2.05) is 45.0 Å². The van der Waals surface area contributed by atoms with Crippen LogP contribution >= 0.6 is 0 Å². The molecule has 1 aliphatic heterocycles. The first-order valence-corrected chi connectivity index (χ1v) is 8.01. The molecule has 1 fully saturated rings. The van der Waals surface area contributed by atoms with E-state index in [1.165, 1.54) is 0 Å². The fraction of sp³-hybridized carbons (Fsp3) is 0.474. The van der Waals surface area contributed by atoms with E-state index >= 15 is 0 Å². The van der Waals surface area contributed by atoms with E-state index in [0.29, 0.717) is 11.6 Å². The molecule has 0 N–H and O–H groups in total. The van der Waals surface area contributed by atoms with E-state index in [-0.39, 0.29) is 6.09 Å². The van der Waals surface area contributed by atoms with Crippen LogP contribution in [0.25, 0.3) is 10.9 Å². The van der Waals surface area contributed by atoms with Crippen molar-refractivity contribution in [3.8, 4) is 0 Å². The van der Waals surface area contributed by atoms with Crippen LogP contribution < -0.4 is 0 Å². The summed E-state index contributed by atoms with van der Waals surface area (Å²) >= 11 is 0. The Morgan fingerprint density at radius 1 is 1.26 bits per heavy atom. The number of nitrogens with zero attached hydrogens (tertiary/aromatic N) is 2. The molecule has 0 bridgehead atoms. The van der Waals surface area contributed by atoms with Gasteiger partial charge in [0.25, 0.3) is 0 Å². The largest absolute Gasteiger partial charge is 0.444 e. The highest BCUT2D eigenvalue weighted by Gasteiger charge is 2.25. The second kappa shape index (κ2) is 7.32. The molecule has 23 heavy (non-hydrogen) atoms. The highest BCUT2D eigenvalue weighted by molar-refractivity contribution is 5.68. The Labute approximate surface area is 138 Å². The van der Waals surface area contributed by atoms with Crippen molar-refractivity contribution in [3.63, 3.8) is 0 Å². The molecule has 0 spiro atoms. The maximum Gasteiger partial charge on any atom is 0.410 e. The Balaban J connectivity index is 1.83. The van der Waals surface area contributed by atoms with Crippen LogP contribution in [0, 0.1) is 12.5 Å². The summed E-state index contributed by atoms with van der Waals surface area (Å²) in [6.45, 7) is 14.1. The Morgan fingerprint density at radius 2 is 1.87 bits per heavy atom. The fourth-order valence-corrected chi connectivity index (χ4v) is 2.51. The molecule has 0 atom stereocenters. The highest BCUT2D eigenvalue weighted by Crippen LogP contribution is 2.22. The molecule has 1 aromatic carbocycles. The molecule has 1 aliphatic rings. The minimum Gasteiger partial charge on any atom is -0.444 e. The summed E-state index contributed by atoms with van der Waals surface area (Å²) in [6, 6.07) is 7.58. The zero-order valence-electron chi connectivity index (χ0n) is 14.1. The molecule has 1 heterocycles. The quantitative estimate of drug-likeness (QED) is 0.728. The number of hydrogen-bond acceptors (Lipinski definition) is 2. The zero-order chi connectivity index (χ0) is 16.9. The van der Waals surface area contributed by atoms with E-state index in [9.17, 15) is 4.79 Å². The first-order valence-electron chi connectivity index (χ1n) is 8.01. The summed E-state index contributed by atoms with van der Waals surface area (Å²) in [4.78, 5) is 17.2.